The zero-order chi connectivity index (χ0) is 17.2. The van der Waals surface area contributed by atoms with Crippen LogP contribution in [-0.2, 0) is 14.8 Å². The van der Waals surface area contributed by atoms with E-state index in [9.17, 15) is 17.6 Å². The van der Waals surface area contributed by atoms with Gasteiger partial charge in [0.15, 0.2) is 11.5 Å². The van der Waals surface area contributed by atoms with E-state index in [4.69, 9.17) is 9.47 Å². The summed E-state index contributed by atoms with van der Waals surface area (Å²) in [6.45, 7) is -0.0649. The molecule has 0 bridgehead atoms. The van der Waals surface area contributed by atoms with Crippen molar-refractivity contribution in [2.75, 3.05) is 6.61 Å². The molecule has 3 rings (SSSR count). The molecule has 0 saturated heterocycles. The number of rotatable bonds is 4. The van der Waals surface area contributed by atoms with Gasteiger partial charge in [0.25, 0.3) is 15.9 Å². The monoisotopic (exact) mass is 352 g/mol. The van der Waals surface area contributed by atoms with Crippen molar-refractivity contribution >= 4 is 15.9 Å². The van der Waals surface area contributed by atoms with Crippen LogP contribution >= 0.6 is 0 Å². The van der Waals surface area contributed by atoms with Gasteiger partial charge in [0.2, 0.25) is 6.10 Å². The van der Waals surface area contributed by atoms with Crippen LogP contribution in [0.1, 0.15) is 0 Å². The standard InChI is InChI=1S/C15H13FN2O5S/c16-10-4-3-5-11(8-10)24(20,21)18-17-15(19)14-9-22-12-6-1-2-7-13(12)23-14/h1-8,14,18H,9H2,(H,17,19)/t14-/m0/s1. The Labute approximate surface area is 137 Å². The van der Waals surface area contributed by atoms with Gasteiger partial charge >= 0.3 is 0 Å². The molecule has 24 heavy (non-hydrogen) atoms. The summed E-state index contributed by atoms with van der Waals surface area (Å²) in [6.07, 6.45) is -1.02. The van der Waals surface area contributed by atoms with Crippen LogP contribution in [0, 0.1) is 5.82 Å². The lowest BCUT2D eigenvalue weighted by atomic mass is 10.2. The molecule has 2 N–H and O–H groups in total. The van der Waals surface area contributed by atoms with Gasteiger partial charge in [-0.25, -0.2) is 12.8 Å². The highest BCUT2D eigenvalue weighted by atomic mass is 32.2. The molecule has 0 radical (unpaired) electrons. The zero-order valence-electron chi connectivity index (χ0n) is 12.2. The van der Waals surface area contributed by atoms with E-state index >= 15 is 0 Å². The number of benzene rings is 2. The largest absolute Gasteiger partial charge is 0.485 e. The number of hydrogen-bond acceptors (Lipinski definition) is 5. The number of sulfonamides is 1. The van der Waals surface area contributed by atoms with Gasteiger partial charge in [-0.1, -0.05) is 18.2 Å². The SMILES string of the molecule is O=C(NNS(=O)(=O)c1cccc(F)c1)[C@@H]1COc2ccccc2O1. The molecule has 126 valence electrons. The third kappa shape index (κ3) is 3.47. The van der Waals surface area contributed by atoms with Crippen molar-refractivity contribution in [3.8, 4) is 11.5 Å². The van der Waals surface area contributed by atoms with Gasteiger partial charge in [-0.2, -0.15) is 0 Å². The first-order chi connectivity index (χ1) is 11.5. The molecule has 0 fully saturated rings. The van der Waals surface area contributed by atoms with E-state index in [1.165, 1.54) is 12.1 Å². The van der Waals surface area contributed by atoms with Crippen molar-refractivity contribution in [2.45, 2.75) is 11.0 Å². The summed E-state index contributed by atoms with van der Waals surface area (Å²) < 4.78 is 48.0. The number of carbonyl (C=O) groups excluding carboxylic acids is 1. The average molecular weight is 352 g/mol. The predicted molar refractivity (Wildman–Crippen MR) is 81.2 cm³/mol. The first-order valence-corrected chi connectivity index (χ1v) is 8.40. The maximum atomic E-state index is 13.1. The fourth-order valence-electron chi connectivity index (χ4n) is 2.04. The molecule has 0 saturated carbocycles. The Morgan fingerprint density at radius 2 is 1.88 bits per heavy atom. The van der Waals surface area contributed by atoms with Crippen LogP contribution in [0.15, 0.2) is 53.4 Å². The van der Waals surface area contributed by atoms with Crippen LogP contribution in [-0.4, -0.2) is 27.0 Å². The smallest absolute Gasteiger partial charge is 0.279 e. The number of ether oxygens (including phenoxy) is 2. The molecule has 0 aromatic heterocycles. The second-order valence-corrected chi connectivity index (χ2v) is 6.60. The van der Waals surface area contributed by atoms with Crippen LogP contribution < -0.4 is 19.7 Å². The van der Waals surface area contributed by atoms with E-state index < -0.39 is 27.9 Å². The quantitative estimate of drug-likeness (QED) is 0.800. The summed E-state index contributed by atoms with van der Waals surface area (Å²) in [5.74, 6) is -0.548. The average Bonchev–Trinajstić information content (AvgIpc) is 2.59. The third-order valence-electron chi connectivity index (χ3n) is 3.22. The zero-order valence-corrected chi connectivity index (χ0v) is 13.0. The molecule has 2 aromatic carbocycles. The molecule has 7 nitrogen and oxygen atoms in total. The minimum atomic E-state index is -4.10. The van der Waals surface area contributed by atoms with Crippen molar-refractivity contribution in [2.24, 2.45) is 0 Å². The summed E-state index contributed by atoms with van der Waals surface area (Å²) >= 11 is 0. The molecule has 1 aliphatic rings. The molecule has 9 heteroatoms. The molecule has 0 unspecified atom stereocenters. The van der Waals surface area contributed by atoms with E-state index in [1.54, 1.807) is 24.3 Å². The summed E-state index contributed by atoms with van der Waals surface area (Å²) in [5.41, 5.74) is 2.04. The van der Waals surface area contributed by atoms with Crippen LogP contribution in [0.4, 0.5) is 4.39 Å². The van der Waals surface area contributed by atoms with Gasteiger partial charge in [-0.15, -0.1) is 4.83 Å². The van der Waals surface area contributed by atoms with Gasteiger partial charge < -0.3 is 9.47 Å². The molecule has 0 spiro atoms. The van der Waals surface area contributed by atoms with Crippen LogP contribution in [0.5, 0.6) is 11.5 Å². The van der Waals surface area contributed by atoms with Crippen LogP contribution in [0.3, 0.4) is 0 Å². The Balaban J connectivity index is 1.64. The first-order valence-electron chi connectivity index (χ1n) is 6.91. The van der Waals surface area contributed by atoms with Crippen LogP contribution in [0.25, 0.3) is 0 Å². The Morgan fingerprint density at radius 1 is 1.12 bits per heavy atom. The van der Waals surface area contributed by atoms with Crippen molar-refractivity contribution in [1.29, 1.82) is 0 Å². The van der Waals surface area contributed by atoms with E-state index in [2.05, 4.69) is 0 Å². The lowest BCUT2D eigenvalue weighted by Gasteiger charge is -2.25. The maximum absolute atomic E-state index is 13.1. The summed E-state index contributed by atoms with van der Waals surface area (Å²) in [7, 11) is -4.10. The van der Waals surface area contributed by atoms with E-state index in [0.717, 1.165) is 12.1 Å². The second kappa shape index (κ2) is 6.46. The number of halogens is 1. The first kappa shape index (κ1) is 16.2. The van der Waals surface area contributed by atoms with Crippen molar-refractivity contribution < 1.29 is 27.1 Å². The Morgan fingerprint density at radius 3 is 2.62 bits per heavy atom. The summed E-state index contributed by atoms with van der Waals surface area (Å²) in [4.78, 5) is 13.6. The summed E-state index contributed by atoms with van der Waals surface area (Å²) in [5, 5.41) is 0. The lowest BCUT2D eigenvalue weighted by molar-refractivity contribution is -0.130. The third-order valence-corrected chi connectivity index (χ3v) is 4.46. The Kier molecular flexibility index (Phi) is 4.36. The molecular formula is C15H13FN2O5S. The number of fused-ring (bicyclic) bond motifs is 1. The highest BCUT2D eigenvalue weighted by Gasteiger charge is 2.28. The number of amides is 1. The number of hydrazine groups is 1. The predicted octanol–water partition coefficient (Wildman–Crippen LogP) is 0.975. The van der Waals surface area contributed by atoms with E-state index in [-0.39, 0.29) is 11.5 Å². The van der Waals surface area contributed by atoms with Gasteiger partial charge in [-0.05, 0) is 30.3 Å². The van der Waals surface area contributed by atoms with Gasteiger partial charge in [-0.3, -0.25) is 10.2 Å². The highest BCUT2D eigenvalue weighted by Crippen LogP contribution is 2.30. The minimum Gasteiger partial charge on any atom is -0.485 e. The number of para-hydroxylation sites is 2. The lowest BCUT2D eigenvalue weighted by Crippen LogP contribution is -2.50. The van der Waals surface area contributed by atoms with E-state index in [1.807, 2.05) is 10.3 Å². The fourth-order valence-corrected chi connectivity index (χ4v) is 2.92. The Hall–Kier alpha value is -2.65. The number of nitrogens with one attached hydrogen (secondary N) is 2. The van der Waals surface area contributed by atoms with E-state index in [0.29, 0.717) is 11.5 Å². The van der Waals surface area contributed by atoms with Crippen molar-refractivity contribution in [1.82, 2.24) is 10.3 Å². The van der Waals surface area contributed by atoms with Crippen molar-refractivity contribution in [3.63, 3.8) is 0 Å². The van der Waals surface area contributed by atoms with Gasteiger partial charge in [0.1, 0.15) is 12.4 Å². The topological polar surface area (TPSA) is 93.7 Å². The molecule has 1 atom stereocenters. The molecule has 0 aliphatic carbocycles. The molecule has 2 aromatic rings. The normalized spacial score (nSPS) is 16.5. The van der Waals surface area contributed by atoms with Crippen molar-refractivity contribution in [3.05, 3.63) is 54.3 Å². The molecule has 1 heterocycles. The van der Waals surface area contributed by atoms with Crippen LogP contribution in [0.2, 0.25) is 0 Å². The number of hydrogen-bond donors (Lipinski definition) is 2. The van der Waals surface area contributed by atoms with Gasteiger partial charge in [0, 0.05) is 0 Å². The maximum Gasteiger partial charge on any atom is 0.279 e. The molecular weight excluding hydrogens is 339 g/mol. The summed E-state index contributed by atoms with van der Waals surface area (Å²) in [6, 6.07) is 11.2. The van der Waals surface area contributed by atoms with Gasteiger partial charge in [0.05, 0.1) is 4.90 Å². The minimum absolute atomic E-state index is 0.0649. The number of carbonyl (C=O) groups is 1. The highest BCUT2D eigenvalue weighted by molar-refractivity contribution is 7.89. The Bertz CT molecular complexity index is 872. The fraction of sp³-hybridized carbons (Fsp3) is 0.133. The second-order valence-electron chi connectivity index (χ2n) is 4.92. The molecule has 1 amide bonds. The molecule has 1 aliphatic heterocycles.